The Bertz CT molecular complexity index is 739. The van der Waals surface area contributed by atoms with Crippen LogP contribution >= 0.6 is 0 Å². The second-order valence-corrected chi connectivity index (χ2v) is 6.18. The van der Waals surface area contributed by atoms with Gasteiger partial charge in [0.15, 0.2) is 0 Å². The summed E-state index contributed by atoms with van der Waals surface area (Å²) in [6.45, 7) is 3.29. The van der Waals surface area contributed by atoms with Crippen LogP contribution in [-0.2, 0) is 0 Å². The van der Waals surface area contributed by atoms with Crippen molar-refractivity contribution in [3.8, 4) is 0 Å². The zero-order chi connectivity index (χ0) is 14.8. The summed E-state index contributed by atoms with van der Waals surface area (Å²) in [5.74, 6) is 1.59. The highest BCUT2D eigenvalue weighted by Gasteiger charge is 2.17. The van der Waals surface area contributed by atoms with Gasteiger partial charge in [0.25, 0.3) is 0 Å². The molecule has 2 aromatic rings. The van der Waals surface area contributed by atoms with Crippen molar-refractivity contribution in [2.45, 2.75) is 32.6 Å². The second-order valence-electron chi connectivity index (χ2n) is 6.18. The van der Waals surface area contributed by atoms with Crippen LogP contribution in [0.4, 0.5) is 5.69 Å². The van der Waals surface area contributed by atoms with Crippen molar-refractivity contribution in [2.24, 2.45) is 11.8 Å². The summed E-state index contributed by atoms with van der Waals surface area (Å²) in [6.07, 6.45) is 5.20. The van der Waals surface area contributed by atoms with E-state index in [9.17, 15) is 9.59 Å². The Morgan fingerprint density at radius 2 is 1.71 bits per heavy atom. The van der Waals surface area contributed by atoms with E-state index in [1.54, 1.807) is 0 Å². The summed E-state index contributed by atoms with van der Waals surface area (Å²) < 4.78 is 0. The fraction of sp³-hybridized carbons (Fsp3) is 0.500. The Morgan fingerprint density at radius 3 is 2.43 bits per heavy atom. The highest BCUT2D eigenvalue weighted by atomic mass is 16.2. The van der Waals surface area contributed by atoms with Crippen molar-refractivity contribution in [1.82, 2.24) is 9.97 Å². The van der Waals surface area contributed by atoms with E-state index in [-0.39, 0.29) is 0 Å². The van der Waals surface area contributed by atoms with E-state index in [2.05, 4.69) is 22.2 Å². The lowest BCUT2D eigenvalue weighted by Gasteiger charge is -2.26. The molecule has 1 fully saturated rings. The SMILES string of the molecule is CC1CCC(CNc2ccc3[nH]c(=O)c(=O)[nH]c3c2)CC1. The molecule has 1 aromatic carbocycles. The minimum atomic E-state index is -0.612. The first-order chi connectivity index (χ1) is 10.1. The molecule has 0 aliphatic heterocycles. The molecule has 5 heteroatoms. The number of nitrogens with one attached hydrogen (secondary N) is 3. The third-order valence-corrected chi connectivity index (χ3v) is 4.45. The Labute approximate surface area is 122 Å². The molecule has 0 unspecified atom stereocenters. The van der Waals surface area contributed by atoms with Crippen LogP contribution in [0, 0.1) is 11.8 Å². The maximum absolute atomic E-state index is 11.4. The number of hydrogen-bond donors (Lipinski definition) is 3. The van der Waals surface area contributed by atoms with Crippen molar-refractivity contribution in [3.05, 3.63) is 38.9 Å². The monoisotopic (exact) mass is 287 g/mol. The van der Waals surface area contributed by atoms with Gasteiger partial charge >= 0.3 is 11.1 Å². The predicted octanol–water partition coefficient (Wildman–Crippen LogP) is 2.45. The van der Waals surface area contributed by atoms with Gasteiger partial charge in [0.1, 0.15) is 0 Å². The van der Waals surface area contributed by atoms with Gasteiger partial charge in [-0.3, -0.25) is 9.59 Å². The zero-order valence-corrected chi connectivity index (χ0v) is 12.2. The Balaban J connectivity index is 1.71. The van der Waals surface area contributed by atoms with Gasteiger partial charge in [-0.15, -0.1) is 0 Å². The minimum Gasteiger partial charge on any atom is -0.385 e. The molecule has 0 spiro atoms. The molecular formula is C16H21N3O2. The molecule has 5 nitrogen and oxygen atoms in total. The quantitative estimate of drug-likeness (QED) is 0.759. The van der Waals surface area contributed by atoms with Crippen LogP contribution in [0.15, 0.2) is 27.8 Å². The van der Waals surface area contributed by atoms with E-state index in [0.29, 0.717) is 11.0 Å². The second kappa shape index (κ2) is 5.76. The molecule has 1 aromatic heterocycles. The van der Waals surface area contributed by atoms with Crippen LogP contribution in [0.2, 0.25) is 0 Å². The Kier molecular flexibility index (Phi) is 3.82. The third kappa shape index (κ3) is 3.17. The van der Waals surface area contributed by atoms with Crippen LogP contribution in [0.5, 0.6) is 0 Å². The van der Waals surface area contributed by atoms with E-state index in [0.717, 1.165) is 24.1 Å². The molecule has 3 rings (SSSR count). The molecule has 1 heterocycles. The molecule has 1 aliphatic rings. The molecule has 0 radical (unpaired) electrons. The van der Waals surface area contributed by atoms with Crippen molar-refractivity contribution >= 4 is 16.7 Å². The normalized spacial score (nSPS) is 22.3. The predicted molar refractivity (Wildman–Crippen MR) is 84.8 cm³/mol. The number of benzene rings is 1. The zero-order valence-electron chi connectivity index (χ0n) is 12.2. The molecule has 1 saturated carbocycles. The number of H-pyrrole nitrogens is 2. The van der Waals surface area contributed by atoms with Gasteiger partial charge in [0.05, 0.1) is 11.0 Å². The summed E-state index contributed by atoms with van der Waals surface area (Å²) >= 11 is 0. The van der Waals surface area contributed by atoms with Gasteiger partial charge in [-0.25, -0.2) is 0 Å². The smallest absolute Gasteiger partial charge is 0.314 e. The molecule has 0 amide bonds. The number of hydrogen-bond acceptors (Lipinski definition) is 3. The lowest BCUT2D eigenvalue weighted by molar-refractivity contribution is 0.300. The number of anilines is 1. The van der Waals surface area contributed by atoms with Crippen LogP contribution in [-0.4, -0.2) is 16.5 Å². The van der Waals surface area contributed by atoms with Crippen LogP contribution in [0.25, 0.3) is 11.0 Å². The number of aromatic nitrogens is 2. The van der Waals surface area contributed by atoms with Gasteiger partial charge in [-0.1, -0.05) is 19.8 Å². The molecule has 0 atom stereocenters. The van der Waals surface area contributed by atoms with Crippen molar-refractivity contribution in [1.29, 1.82) is 0 Å². The minimum absolute atomic E-state index is 0.610. The first-order valence-electron chi connectivity index (χ1n) is 7.62. The van der Waals surface area contributed by atoms with Crippen LogP contribution < -0.4 is 16.4 Å². The molecule has 112 valence electrons. The maximum Gasteiger partial charge on any atom is 0.314 e. The fourth-order valence-electron chi connectivity index (χ4n) is 3.02. The summed E-state index contributed by atoms with van der Waals surface area (Å²) in [6, 6.07) is 5.62. The largest absolute Gasteiger partial charge is 0.385 e. The van der Waals surface area contributed by atoms with E-state index >= 15 is 0 Å². The lowest BCUT2D eigenvalue weighted by atomic mass is 9.83. The molecule has 3 N–H and O–H groups in total. The average molecular weight is 287 g/mol. The van der Waals surface area contributed by atoms with E-state index in [1.807, 2.05) is 18.2 Å². The fourth-order valence-corrected chi connectivity index (χ4v) is 3.02. The summed E-state index contributed by atoms with van der Waals surface area (Å²) in [5, 5.41) is 3.44. The van der Waals surface area contributed by atoms with Gasteiger partial charge in [-0.2, -0.15) is 0 Å². The molecule has 0 saturated heterocycles. The molecule has 1 aliphatic carbocycles. The van der Waals surface area contributed by atoms with Crippen molar-refractivity contribution in [2.75, 3.05) is 11.9 Å². The Hall–Kier alpha value is -2.04. The molecule has 21 heavy (non-hydrogen) atoms. The number of fused-ring (bicyclic) bond motifs is 1. The topological polar surface area (TPSA) is 77.8 Å². The third-order valence-electron chi connectivity index (χ3n) is 4.45. The van der Waals surface area contributed by atoms with Gasteiger partial charge in [-0.05, 0) is 42.9 Å². The number of aromatic amines is 2. The average Bonchev–Trinajstić information content (AvgIpc) is 2.48. The lowest BCUT2D eigenvalue weighted by Crippen LogP contribution is -2.28. The van der Waals surface area contributed by atoms with E-state index in [4.69, 9.17) is 0 Å². The highest BCUT2D eigenvalue weighted by molar-refractivity contribution is 5.78. The maximum atomic E-state index is 11.4. The number of rotatable bonds is 3. The van der Waals surface area contributed by atoms with Crippen molar-refractivity contribution in [3.63, 3.8) is 0 Å². The molecule has 0 bridgehead atoms. The van der Waals surface area contributed by atoms with Crippen LogP contribution in [0.3, 0.4) is 0 Å². The Morgan fingerprint density at radius 1 is 1.05 bits per heavy atom. The summed E-state index contributed by atoms with van der Waals surface area (Å²) in [4.78, 5) is 27.8. The van der Waals surface area contributed by atoms with E-state index in [1.165, 1.54) is 25.7 Å². The van der Waals surface area contributed by atoms with Gasteiger partial charge < -0.3 is 15.3 Å². The van der Waals surface area contributed by atoms with Gasteiger partial charge in [0.2, 0.25) is 0 Å². The molecular weight excluding hydrogens is 266 g/mol. The van der Waals surface area contributed by atoms with Crippen LogP contribution in [0.1, 0.15) is 32.6 Å². The first-order valence-corrected chi connectivity index (χ1v) is 7.62. The summed E-state index contributed by atoms with van der Waals surface area (Å²) in [5.41, 5.74) is 1.06. The standard InChI is InChI=1S/C16H21N3O2/c1-10-2-4-11(5-3-10)9-17-12-6-7-13-14(8-12)19-16(21)15(20)18-13/h6-8,10-11,17H,2-5,9H2,1H3,(H,18,20)(H,19,21). The van der Waals surface area contributed by atoms with E-state index < -0.39 is 11.1 Å². The summed E-state index contributed by atoms with van der Waals surface area (Å²) in [7, 11) is 0. The van der Waals surface area contributed by atoms with Gasteiger partial charge in [0, 0.05) is 12.2 Å². The highest BCUT2D eigenvalue weighted by Crippen LogP contribution is 2.28. The first kappa shape index (κ1) is 13.9. The van der Waals surface area contributed by atoms with Crippen molar-refractivity contribution < 1.29 is 0 Å².